The van der Waals surface area contributed by atoms with Gasteiger partial charge in [-0.3, -0.25) is 0 Å². The van der Waals surface area contributed by atoms with Gasteiger partial charge < -0.3 is 4.90 Å². The Balaban J connectivity index is 0.00000220. The number of nitrogens with zero attached hydrogens (tertiary/aromatic N) is 1. The maximum Gasteiger partial charge on any atom is 0.160 e. The fourth-order valence-corrected chi connectivity index (χ4v) is 5.39. The van der Waals surface area contributed by atoms with Crippen LogP contribution in [0.4, 0.5) is 0 Å². The van der Waals surface area contributed by atoms with Crippen LogP contribution in [0.1, 0.15) is 38.2 Å². The molecule has 0 radical (unpaired) electrons. The van der Waals surface area contributed by atoms with Crippen molar-refractivity contribution in [2.45, 2.75) is 37.4 Å². The van der Waals surface area contributed by atoms with Crippen LogP contribution in [0.2, 0.25) is 0 Å². The van der Waals surface area contributed by atoms with Gasteiger partial charge in [0.2, 0.25) is 0 Å². The van der Waals surface area contributed by atoms with Gasteiger partial charge in [-0.25, -0.2) is 8.42 Å². The van der Waals surface area contributed by atoms with E-state index in [-0.39, 0.29) is 12.4 Å². The molecule has 0 saturated carbocycles. The van der Waals surface area contributed by atoms with Crippen molar-refractivity contribution in [1.29, 1.82) is 0 Å². The van der Waals surface area contributed by atoms with Gasteiger partial charge in [-0.2, -0.15) is 0 Å². The van der Waals surface area contributed by atoms with Crippen LogP contribution < -0.4 is 0 Å². The zero-order valence-corrected chi connectivity index (χ0v) is 14.5. The summed E-state index contributed by atoms with van der Waals surface area (Å²) in [5, 5.41) is 0. The number of benzene rings is 1. The van der Waals surface area contributed by atoms with E-state index in [4.69, 9.17) is 0 Å². The van der Waals surface area contributed by atoms with E-state index in [1.54, 1.807) is 0 Å². The van der Waals surface area contributed by atoms with E-state index in [2.05, 4.69) is 11.9 Å². The highest BCUT2D eigenvalue weighted by Crippen LogP contribution is 2.41. The fraction of sp³-hybridized carbons (Fsp3) is 0.625. The van der Waals surface area contributed by atoms with Crippen molar-refractivity contribution < 1.29 is 8.42 Å². The van der Waals surface area contributed by atoms with Crippen molar-refractivity contribution in [3.05, 3.63) is 35.9 Å². The van der Waals surface area contributed by atoms with Gasteiger partial charge in [-0.05, 0) is 45.0 Å². The normalized spacial score (nSPS) is 19.0. The number of sulfone groups is 1. The summed E-state index contributed by atoms with van der Waals surface area (Å²) in [7, 11) is -1.05. The maximum atomic E-state index is 13.0. The van der Waals surface area contributed by atoms with Gasteiger partial charge in [0.1, 0.15) is 0 Å². The molecule has 1 saturated heterocycles. The highest BCUT2D eigenvalue weighted by Gasteiger charge is 2.46. The van der Waals surface area contributed by atoms with E-state index in [9.17, 15) is 8.42 Å². The molecule has 1 heterocycles. The molecule has 5 heteroatoms. The zero-order chi connectivity index (χ0) is 14.6. The Morgan fingerprint density at radius 1 is 1.14 bits per heavy atom. The highest BCUT2D eigenvalue weighted by molar-refractivity contribution is 7.92. The highest BCUT2D eigenvalue weighted by atomic mass is 35.5. The van der Waals surface area contributed by atoms with Crippen molar-refractivity contribution >= 4 is 22.2 Å². The van der Waals surface area contributed by atoms with E-state index in [1.165, 1.54) is 0 Å². The van der Waals surface area contributed by atoms with Crippen LogP contribution in [0.25, 0.3) is 0 Å². The summed E-state index contributed by atoms with van der Waals surface area (Å²) in [6.45, 7) is 3.74. The molecule has 0 amide bonds. The number of unbranched alkanes of at least 4 members (excludes halogenated alkanes) is 1. The molecule has 0 bridgehead atoms. The van der Waals surface area contributed by atoms with E-state index in [0.29, 0.717) is 18.6 Å². The number of rotatable bonds is 5. The van der Waals surface area contributed by atoms with Gasteiger partial charge in [0.15, 0.2) is 9.84 Å². The molecule has 0 aliphatic carbocycles. The molecule has 0 spiro atoms. The van der Waals surface area contributed by atoms with Crippen LogP contribution in [-0.4, -0.2) is 39.2 Å². The summed E-state index contributed by atoms with van der Waals surface area (Å²) < 4.78 is 25.2. The second-order valence-electron chi connectivity index (χ2n) is 5.84. The molecular formula is C16H26ClNO2S. The Kier molecular flexibility index (Phi) is 6.70. The monoisotopic (exact) mass is 331 g/mol. The third-order valence-corrected chi connectivity index (χ3v) is 7.12. The molecule has 1 aromatic carbocycles. The molecule has 2 rings (SSSR count). The van der Waals surface area contributed by atoms with E-state index >= 15 is 0 Å². The molecule has 1 aromatic rings. The number of halogens is 1. The Bertz CT molecular complexity index is 522. The molecule has 120 valence electrons. The van der Waals surface area contributed by atoms with Gasteiger partial charge in [0.25, 0.3) is 0 Å². The standard InChI is InChI=1S/C16H25NO2S.ClH/c1-3-4-14-20(18,19)16(10-12-17(2)13-11-16)15-8-6-5-7-9-15;/h5-9H,3-4,10-14H2,1-2H3;1H. The second kappa shape index (κ2) is 7.61. The summed E-state index contributed by atoms with van der Waals surface area (Å²) in [4.78, 5) is 2.22. The Morgan fingerprint density at radius 3 is 2.24 bits per heavy atom. The van der Waals surface area contributed by atoms with E-state index in [0.717, 1.165) is 31.5 Å². The van der Waals surface area contributed by atoms with Crippen LogP contribution in [0.3, 0.4) is 0 Å². The fourth-order valence-electron chi connectivity index (χ4n) is 3.03. The summed E-state index contributed by atoms with van der Waals surface area (Å²) in [6.07, 6.45) is 3.09. The van der Waals surface area contributed by atoms with Crippen molar-refractivity contribution in [1.82, 2.24) is 4.90 Å². The number of piperidine rings is 1. The maximum absolute atomic E-state index is 13.0. The first kappa shape index (κ1) is 18.5. The number of hydrogen-bond acceptors (Lipinski definition) is 3. The number of likely N-dealkylation sites (tertiary alicyclic amines) is 1. The Morgan fingerprint density at radius 2 is 1.71 bits per heavy atom. The molecular weight excluding hydrogens is 306 g/mol. The van der Waals surface area contributed by atoms with Crippen LogP contribution >= 0.6 is 12.4 Å². The minimum atomic E-state index is -3.11. The number of hydrogen-bond donors (Lipinski definition) is 0. The lowest BCUT2D eigenvalue weighted by Crippen LogP contribution is -2.46. The minimum Gasteiger partial charge on any atom is -0.306 e. The minimum absolute atomic E-state index is 0. The van der Waals surface area contributed by atoms with Crippen molar-refractivity contribution in [3.8, 4) is 0 Å². The third-order valence-electron chi connectivity index (χ3n) is 4.46. The van der Waals surface area contributed by atoms with Gasteiger partial charge >= 0.3 is 0 Å². The van der Waals surface area contributed by atoms with Crippen molar-refractivity contribution in [2.24, 2.45) is 0 Å². The van der Waals surface area contributed by atoms with Gasteiger partial charge in [-0.1, -0.05) is 43.7 Å². The van der Waals surface area contributed by atoms with Crippen LogP contribution in [-0.2, 0) is 14.6 Å². The molecule has 3 nitrogen and oxygen atoms in total. The first-order valence-corrected chi connectivity index (χ1v) is 9.13. The van der Waals surface area contributed by atoms with E-state index in [1.807, 2.05) is 37.3 Å². The van der Waals surface area contributed by atoms with Gasteiger partial charge in [0, 0.05) is 0 Å². The average molecular weight is 332 g/mol. The largest absolute Gasteiger partial charge is 0.306 e. The molecule has 1 aliphatic rings. The summed E-state index contributed by atoms with van der Waals surface area (Å²) >= 11 is 0. The quantitative estimate of drug-likeness (QED) is 0.831. The molecule has 1 fully saturated rings. The van der Waals surface area contributed by atoms with Crippen LogP contribution in [0.5, 0.6) is 0 Å². The van der Waals surface area contributed by atoms with Gasteiger partial charge in [-0.15, -0.1) is 12.4 Å². The molecule has 0 unspecified atom stereocenters. The van der Waals surface area contributed by atoms with E-state index < -0.39 is 14.6 Å². The van der Waals surface area contributed by atoms with Crippen LogP contribution in [0.15, 0.2) is 30.3 Å². The predicted octanol–water partition coefficient (Wildman–Crippen LogP) is 3.24. The van der Waals surface area contributed by atoms with Crippen LogP contribution in [0, 0.1) is 0 Å². The zero-order valence-electron chi connectivity index (χ0n) is 12.9. The van der Waals surface area contributed by atoms with Crippen molar-refractivity contribution in [3.63, 3.8) is 0 Å². The molecule has 1 aliphatic heterocycles. The average Bonchev–Trinajstić information content (AvgIpc) is 2.47. The Labute approximate surface area is 135 Å². The predicted molar refractivity (Wildman–Crippen MR) is 90.8 cm³/mol. The molecule has 0 atom stereocenters. The lowest BCUT2D eigenvalue weighted by Gasteiger charge is -2.40. The topological polar surface area (TPSA) is 37.4 Å². The molecule has 0 aromatic heterocycles. The first-order valence-electron chi connectivity index (χ1n) is 7.48. The smallest absolute Gasteiger partial charge is 0.160 e. The first-order chi connectivity index (χ1) is 9.52. The lowest BCUT2D eigenvalue weighted by atomic mass is 9.88. The summed E-state index contributed by atoms with van der Waals surface area (Å²) in [5.41, 5.74) is 0.976. The second-order valence-corrected chi connectivity index (χ2v) is 8.26. The Hall–Kier alpha value is -0.580. The van der Waals surface area contributed by atoms with Crippen molar-refractivity contribution in [2.75, 3.05) is 25.9 Å². The summed E-state index contributed by atoms with van der Waals surface area (Å²) in [6, 6.07) is 9.81. The molecule has 21 heavy (non-hydrogen) atoms. The van der Waals surface area contributed by atoms with Gasteiger partial charge in [0.05, 0.1) is 10.5 Å². The lowest BCUT2D eigenvalue weighted by molar-refractivity contribution is 0.232. The SMILES string of the molecule is CCCCS(=O)(=O)C1(c2ccccc2)CCN(C)CC1.Cl. The third kappa shape index (κ3) is 3.79. The molecule has 0 N–H and O–H groups in total. The summed E-state index contributed by atoms with van der Waals surface area (Å²) in [5.74, 6) is 0.308.